The molecular formula is C18H20ClN3OS. The summed E-state index contributed by atoms with van der Waals surface area (Å²) in [5.74, 6) is 2.48. The first kappa shape index (κ1) is 15.9. The minimum Gasteiger partial charge on any atom is -0.497 e. The van der Waals surface area contributed by atoms with E-state index < -0.39 is 0 Å². The second-order valence-corrected chi connectivity index (χ2v) is 8.06. The van der Waals surface area contributed by atoms with Crippen molar-refractivity contribution < 1.29 is 4.74 Å². The van der Waals surface area contributed by atoms with Crippen LogP contribution < -0.4 is 4.74 Å². The van der Waals surface area contributed by atoms with Crippen molar-refractivity contribution in [1.29, 1.82) is 0 Å². The quantitative estimate of drug-likeness (QED) is 0.734. The number of likely N-dealkylation sites (tertiary alicyclic amines) is 1. The molecule has 0 spiro atoms. The Morgan fingerprint density at radius 1 is 1.29 bits per heavy atom. The zero-order chi connectivity index (χ0) is 16.5. The molecular weight excluding hydrogens is 342 g/mol. The number of aromatic amines is 1. The molecule has 0 bridgehead atoms. The summed E-state index contributed by atoms with van der Waals surface area (Å²) in [6.45, 7) is 3.20. The van der Waals surface area contributed by atoms with E-state index in [1.165, 1.54) is 4.88 Å². The summed E-state index contributed by atoms with van der Waals surface area (Å²) in [6, 6.07) is 10.1. The van der Waals surface area contributed by atoms with Gasteiger partial charge in [-0.2, -0.15) is 0 Å². The molecule has 1 aromatic carbocycles. The number of rotatable bonds is 4. The van der Waals surface area contributed by atoms with Crippen molar-refractivity contribution in [2.45, 2.75) is 25.3 Å². The van der Waals surface area contributed by atoms with Gasteiger partial charge in [0.25, 0.3) is 0 Å². The van der Waals surface area contributed by atoms with Crippen LogP contribution in [-0.2, 0) is 6.54 Å². The molecule has 1 aliphatic heterocycles. The monoisotopic (exact) mass is 361 g/mol. The van der Waals surface area contributed by atoms with Gasteiger partial charge in [-0.25, -0.2) is 4.98 Å². The van der Waals surface area contributed by atoms with Crippen LogP contribution in [0.15, 0.2) is 30.3 Å². The van der Waals surface area contributed by atoms with Gasteiger partial charge in [-0.05, 0) is 50.2 Å². The van der Waals surface area contributed by atoms with Gasteiger partial charge in [0.1, 0.15) is 11.6 Å². The SMILES string of the molecule is COc1ccc2nc(C3CCN(Cc4ccc(Cl)s4)CC3)[nH]c2c1. The average molecular weight is 362 g/mol. The number of benzene rings is 1. The van der Waals surface area contributed by atoms with Gasteiger partial charge in [0.15, 0.2) is 0 Å². The number of imidazole rings is 1. The third-order valence-corrected chi connectivity index (χ3v) is 5.91. The van der Waals surface area contributed by atoms with Crippen LogP contribution in [0.25, 0.3) is 11.0 Å². The molecule has 1 saturated heterocycles. The Labute approximate surface area is 150 Å². The topological polar surface area (TPSA) is 41.1 Å². The number of fused-ring (bicyclic) bond motifs is 1. The third-order valence-electron chi connectivity index (χ3n) is 4.69. The fraction of sp³-hybridized carbons (Fsp3) is 0.389. The summed E-state index contributed by atoms with van der Waals surface area (Å²) in [5.41, 5.74) is 2.07. The smallest absolute Gasteiger partial charge is 0.121 e. The second-order valence-electron chi connectivity index (χ2n) is 6.26. The predicted octanol–water partition coefficient (Wildman–Crippen LogP) is 4.67. The summed E-state index contributed by atoms with van der Waals surface area (Å²) >= 11 is 7.70. The summed E-state index contributed by atoms with van der Waals surface area (Å²) in [4.78, 5) is 12.1. The molecule has 3 aromatic rings. The van der Waals surface area contributed by atoms with E-state index in [0.717, 1.165) is 59.4 Å². The van der Waals surface area contributed by atoms with Crippen LogP contribution in [0.5, 0.6) is 5.75 Å². The van der Waals surface area contributed by atoms with E-state index >= 15 is 0 Å². The van der Waals surface area contributed by atoms with Crippen molar-refractivity contribution in [2.75, 3.05) is 20.2 Å². The van der Waals surface area contributed by atoms with E-state index in [1.807, 2.05) is 24.3 Å². The molecule has 1 N–H and O–H groups in total. The maximum Gasteiger partial charge on any atom is 0.121 e. The summed E-state index contributed by atoms with van der Waals surface area (Å²) in [5, 5.41) is 0. The molecule has 1 fully saturated rings. The van der Waals surface area contributed by atoms with E-state index in [9.17, 15) is 0 Å². The minimum atomic E-state index is 0.506. The summed E-state index contributed by atoms with van der Waals surface area (Å²) in [6.07, 6.45) is 2.27. The van der Waals surface area contributed by atoms with Gasteiger partial charge < -0.3 is 9.72 Å². The maximum atomic E-state index is 6.02. The standard InChI is InChI=1S/C18H20ClN3OS/c1-23-13-2-4-15-16(10-13)21-18(20-15)12-6-8-22(9-7-12)11-14-3-5-17(19)24-14/h2-5,10,12H,6-9,11H2,1H3,(H,20,21). The molecule has 2 aromatic heterocycles. The highest BCUT2D eigenvalue weighted by atomic mass is 35.5. The van der Waals surface area contributed by atoms with Gasteiger partial charge in [-0.3, -0.25) is 4.90 Å². The van der Waals surface area contributed by atoms with E-state index in [4.69, 9.17) is 21.3 Å². The summed E-state index contributed by atoms with van der Waals surface area (Å²) < 4.78 is 6.16. The van der Waals surface area contributed by atoms with Gasteiger partial charge in [0.05, 0.1) is 22.5 Å². The van der Waals surface area contributed by atoms with Crippen LogP contribution in [0, 0.1) is 0 Å². The van der Waals surface area contributed by atoms with E-state index in [-0.39, 0.29) is 0 Å². The first-order valence-electron chi connectivity index (χ1n) is 8.21. The van der Waals surface area contributed by atoms with E-state index in [0.29, 0.717) is 5.92 Å². The van der Waals surface area contributed by atoms with Gasteiger partial charge in [0.2, 0.25) is 0 Å². The molecule has 24 heavy (non-hydrogen) atoms. The number of hydrogen-bond donors (Lipinski definition) is 1. The second kappa shape index (κ2) is 6.75. The van der Waals surface area contributed by atoms with Crippen molar-refractivity contribution in [3.05, 3.63) is 45.4 Å². The zero-order valence-electron chi connectivity index (χ0n) is 13.6. The lowest BCUT2D eigenvalue weighted by Crippen LogP contribution is -2.32. The van der Waals surface area contributed by atoms with Crippen LogP contribution in [-0.4, -0.2) is 35.1 Å². The number of methoxy groups -OCH3 is 1. The first-order valence-corrected chi connectivity index (χ1v) is 9.41. The number of ether oxygens (including phenoxy) is 1. The maximum absolute atomic E-state index is 6.02. The molecule has 6 heteroatoms. The fourth-order valence-electron chi connectivity index (χ4n) is 3.35. The lowest BCUT2D eigenvalue weighted by Gasteiger charge is -2.30. The lowest BCUT2D eigenvalue weighted by molar-refractivity contribution is 0.204. The largest absolute Gasteiger partial charge is 0.497 e. The Balaban J connectivity index is 1.41. The van der Waals surface area contributed by atoms with Gasteiger partial charge in [-0.15, -0.1) is 11.3 Å². The molecule has 126 valence electrons. The number of aromatic nitrogens is 2. The number of H-pyrrole nitrogens is 1. The van der Waals surface area contributed by atoms with Crippen molar-refractivity contribution in [3.63, 3.8) is 0 Å². The highest BCUT2D eigenvalue weighted by molar-refractivity contribution is 7.16. The van der Waals surface area contributed by atoms with Crippen LogP contribution >= 0.6 is 22.9 Å². The molecule has 1 aliphatic rings. The number of piperidine rings is 1. The van der Waals surface area contributed by atoms with Crippen LogP contribution in [0.1, 0.15) is 29.5 Å². The Bertz CT molecular complexity index is 836. The fourth-order valence-corrected chi connectivity index (χ4v) is 4.48. The minimum absolute atomic E-state index is 0.506. The van der Waals surface area contributed by atoms with Gasteiger partial charge >= 0.3 is 0 Å². The highest BCUT2D eigenvalue weighted by Crippen LogP contribution is 2.30. The molecule has 0 saturated carbocycles. The number of halogens is 1. The van der Waals surface area contributed by atoms with E-state index in [2.05, 4.69) is 16.0 Å². The number of nitrogens with zero attached hydrogens (tertiary/aromatic N) is 2. The van der Waals surface area contributed by atoms with Crippen LogP contribution in [0.4, 0.5) is 0 Å². The third kappa shape index (κ3) is 3.29. The first-order chi connectivity index (χ1) is 11.7. The molecule has 0 amide bonds. The van der Waals surface area contributed by atoms with Crippen LogP contribution in [0.2, 0.25) is 4.34 Å². The number of hydrogen-bond acceptors (Lipinski definition) is 4. The molecule has 4 rings (SSSR count). The van der Waals surface area contributed by atoms with E-state index in [1.54, 1.807) is 18.4 Å². The Morgan fingerprint density at radius 3 is 2.83 bits per heavy atom. The Hall–Kier alpha value is -1.56. The lowest BCUT2D eigenvalue weighted by atomic mass is 9.96. The molecule has 3 heterocycles. The predicted molar refractivity (Wildman–Crippen MR) is 99.2 cm³/mol. The molecule has 0 atom stereocenters. The van der Waals surface area contributed by atoms with Crippen molar-refractivity contribution >= 4 is 34.0 Å². The summed E-state index contributed by atoms with van der Waals surface area (Å²) in [7, 11) is 1.69. The van der Waals surface area contributed by atoms with Crippen molar-refractivity contribution in [1.82, 2.24) is 14.9 Å². The normalized spacial score (nSPS) is 16.8. The van der Waals surface area contributed by atoms with Gasteiger partial charge in [-0.1, -0.05) is 11.6 Å². The number of nitrogens with one attached hydrogen (secondary N) is 1. The molecule has 0 unspecified atom stereocenters. The van der Waals surface area contributed by atoms with Crippen molar-refractivity contribution in [3.8, 4) is 5.75 Å². The highest BCUT2D eigenvalue weighted by Gasteiger charge is 2.23. The van der Waals surface area contributed by atoms with Crippen LogP contribution in [0.3, 0.4) is 0 Å². The number of thiophene rings is 1. The Kier molecular flexibility index (Phi) is 4.48. The van der Waals surface area contributed by atoms with Crippen molar-refractivity contribution in [2.24, 2.45) is 0 Å². The molecule has 0 aliphatic carbocycles. The molecule has 0 radical (unpaired) electrons. The zero-order valence-corrected chi connectivity index (χ0v) is 15.2. The Morgan fingerprint density at radius 2 is 2.12 bits per heavy atom. The average Bonchev–Trinajstić information content (AvgIpc) is 3.20. The molecule has 4 nitrogen and oxygen atoms in total. The van der Waals surface area contributed by atoms with Gasteiger partial charge in [0, 0.05) is 23.4 Å².